The summed E-state index contributed by atoms with van der Waals surface area (Å²) in [6.45, 7) is 0. The van der Waals surface area contributed by atoms with Gasteiger partial charge in [-0.15, -0.1) is 0 Å². The molecule has 0 spiro atoms. The van der Waals surface area contributed by atoms with Crippen LogP contribution >= 0.6 is 0 Å². The second kappa shape index (κ2) is 4.06. The molecule has 6 nitrogen and oxygen atoms in total. The molecule has 1 aromatic heterocycles. The van der Waals surface area contributed by atoms with Gasteiger partial charge in [-0.3, -0.25) is 4.79 Å². The summed E-state index contributed by atoms with van der Waals surface area (Å²) in [5, 5.41) is 28.8. The van der Waals surface area contributed by atoms with E-state index in [4.69, 9.17) is 9.15 Å². The lowest BCUT2D eigenvalue weighted by Gasteiger charge is -2.07. The van der Waals surface area contributed by atoms with Crippen LogP contribution in [0.15, 0.2) is 33.5 Å². The molecule has 102 valence electrons. The van der Waals surface area contributed by atoms with E-state index in [0.717, 1.165) is 6.07 Å². The molecule has 0 radical (unpaired) electrons. The standard InChI is InChI=1S/C14H10O6/c1-19-6-2-3-9-7(4-6)12(16)11-10(20-9)5-8(15)13(17)14(11)18/h2-5,15,17-18H,1H3. The molecule has 0 aliphatic heterocycles. The van der Waals surface area contributed by atoms with E-state index >= 15 is 0 Å². The lowest BCUT2D eigenvalue weighted by atomic mass is 10.1. The lowest BCUT2D eigenvalue weighted by molar-refractivity contribution is 0.370. The van der Waals surface area contributed by atoms with Gasteiger partial charge in [0.1, 0.15) is 22.3 Å². The highest BCUT2D eigenvalue weighted by molar-refractivity contribution is 5.96. The molecular formula is C14H10O6. The van der Waals surface area contributed by atoms with Gasteiger partial charge in [0.2, 0.25) is 11.2 Å². The molecule has 3 rings (SSSR count). The van der Waals surface area contributed by atoms with E-state index in [1.165, 1.54) is 13.2 Å². The minimum absolute atomic E-state index is 0.0135. The van der Waals surface area contributed by atoms with E-state index in [2.05, 4.69) is 0 Å². The first kappa shape index (κ1) is 12.2. The van der Waals surface area contributed by atoms with Gasteiger partial charge in [0, 0.05) is 6.07 Å². The number of hydrogen-bond donors (Lipinski definition) is 3. The average Bonchev–Trinajstić information content (AvgIpc) is 2.44. The van der Waals surface area contributed by atoms with Crippen molar-refractivity contribution >= 4 is 21.9 Å². The fourth-order valence-corrected chi connectivity index (χ4v) is 2.08. The van der Waals surface area contributed by atoms with Gasteiger partial charge in [0.05, 0.1) is 12.5 Å². The molecule has 3 N–H and O–H groups in total. The highest BCUT2D eigenvalue weighted by Gasteiger charge is 2.18. The Kier molecular flexibility index (Phi) is 2.47. The van der Waals surface area contributed by atoms with Crippen LogP contribution < -0.4 is 10.2 Å². The van der Waals surface area contributed by atoms with E-state index in [1.807, 2.05) is 0 Å². The molecule has 1 heterocycles. The van der Waals surface area contributed by atoms with Crippen molar-refractivity contribution < 1.29 is 24.5 Å². The Bertz CT molecular complexity index is 894. The predicted octanol–water partition coefficient (Wildman–Crippen LogP) is 2.07. The van der Waals surface area contributed by atoms with E-state index in [9.17, 15) is 20.1 Å². The molecule has 0 saturated carbocycles. The molecular weight excluding hydrogens is 264 g/mol. The molecule has 0 unspecified atom stereocenters. The van der Waals surface area contributed by atoms with Crippen molar-refractivity contribution in [3.8, 4) is 23.0 Å². The van der Waals surface area contributed by atoms with Crippen molar-refractivity contribution in [1.82, 2.24) is 0 Å². The third-order valence-corrected chi connectivity index (χ3v) is 3.10. The molecule has 0 aliphatic rings. The Labute approximate surface area is 112 Å². The van der Waals surface area contributed by atoms with Crippen molar-refractivity contribution in [2.24, 2.45) is 0 Å². The molecule has 0 amide bonds. The van der Waals surface area contributed by atoms with Crippen LogP contribution in [0, 0.1) is 0 Å². The van der Waals surface area contributed by atoms with Crippen LogP contribution in [0.3, 0.4) is 0 Å². The number of ether oxygens (including phenoxy) is 1. The van der Waals surface area contributed by atoms with Crippen LogP contribution in [-0.4, -0.2) is 22.4 Å². The largest absolute Gasteiger partial charge is 0.504 e. The first-order valence-corrected chi connectivity index (χ1v) is 5.71. The number of hydrogen-bond acceptors (Lipinski definition) is 6. The zero-order chi connectivity index (χ0) is 14.4. The number of rotatable bonds is 1. The van der Waals surface area contributed by atoms with Gasteiger partial charge in [-0.25, -0.2) is 0 Å². The Morgan fingerprint density at radius 2 is 1.80 bits per heavy atom. The number of methoxy groups -OCH3 is 1. The second-order valence-corrected chi connectivity index (χ2v) is 4.26. The van der Waals surface area contributed by atoms with Crippen LogP contribution in [-0.2, 0) is 0 Å². The van der Waals surface area contributed by atoms with Gasteiger partial charge in [-0.1, -0.05) is 0 Å². The number of phenolic OH excluding ortho intramolecular Hbond substituents is 3. The molecule has 0 bridgehead atoms. The average molecular weight is 274 g/mol. The summed E-state index contributed by atoms with van der Waals surface area (Å²) in [6.07, 6.45) is 0. The number of phenols is 3. The topological polar surface area (TPSA) is 100 Å². The van der Waals surface area contributed by atoms with Crippen LogP contribution in [0.2, 0.25) is 0 Å². The van der Waals surface area contributed by atoms with Crippen LogP contribution in [0.4, 0.5) is 0 Å². The summed E-state index contributed by atoms with van der Waals surface area (Å²) >= 11 is 0. The maximum atomic E-state index is 12.4. The van der Waals surface area contributed by atoms with E-state index in [-0.39, 0.29) is 21.9 Å². The molecule has 6 heteroatoms. The minimum atomic E-state index is -0.757. The van der Waals surface area contributed by atoms with Crippen molar-refractivity contribution in [3.63, 3.8) is 0 Å². The summed E-state index contributed by atoms with van der Waals surface area (Å²) in [5.74, 6) is -1.57. The first-order valence-electron chi connectivity index (χ1n) is 5.71. The van der Waals surface area contributed by atoms with Crippen LogP contribution in [0.1, 0.15) is 0 Å². The van der Waals surface area contributed by atoms with Crippen molar-refractivity contribution in [1.29, 1.82) is 0 Å². The summed E-state index contributed by atoms with van der Waals surface area (Å²) in [4.78, 5) is 12.4. The fraction of sp³-hybridized carbons (Fsp3) is 0.0714. The molecule has 2 aromatic carbocycles. The number of fused-ring (bicyclic) bond motifs is 2. The fourth-order valence-electron chi connectivity index (χ4n) is 2.08. The Balaban J connectivity index is 2.55. The molecule has 3 aromatic rings. The normalized spacial score (nSPS) is 11.1. The lowest BCUT2D eigenvalue weighted by Crippen LogP contribution is -2.02. The Hall–Kier alpha value is -2.89. The molecule has 0 fully saturated rings. The van der Waals surface area contributed by atoms with Gasteiger partial charge in [0.15, 0.2) is 11.5 Å². The van der Waals surface area contributed by atoms with Gasteiger partial charge >= 0.3 is 0 Å². The number of aromatic hydroxyl groups is 3. The Morgan fingerprint density at radius 1 is 1.05 bits per heavy atom. The smallest absolute Gasteiger partial charge is 0.204 e. The van der Waals surface area contributed by atoms with Crippen molar-refractivity contribution in [2.45, 2.75) is 0 Å². The summed E-state index contributed by atoms with van der Waals surface area (Å²) in [6, 6.07) is 5.73. The summed E-state index contributed by atoms with van der Waals surface area (Å²) in [7, 11) is 1.46. The zero-order valence-corrected chi connectivity index (χ0v) is 10.4. The third kappa shape index (κ3) is 1.55. The molecule has 0 saturated heterocycles. The van der Waals surface area contributed by atoms with E-state index < -0.39 is 22.7 Å². The summed E-state index contributed by atoms with van der Waals surface area (Å²) in [5.41, 5.74) is -0.249. The second-order valence-electron chi connectivity index (χ2n) is 4.26. The summed E-state index contributed by atoms with van der Waals surface area (Å²) < 4.78 is 10.5. The Morgan fingerprint density at radius 3 is 2.50 bits per heavy atom. The number of benzene rings is 2. The molecule has 20 heavy (non-hydrogen) atoms. The predicted molar refractivity (Wildman–Crippen MR) is 71.5 cm³/mol. The van der Waals surface area contributed by atoms with E-state index in [0.29, 0.717) is 5.75 Å². The highest BCUT2D eigenvalue weighted by atomic mass is 16.5. The van der Waals surface area contributed by atoms with Crippen LogP contribution in [0.5, 0.6) is 23.0 Å². The van der Waals surface area contributed by atoms with Gasteiger partial charge in [-0.05, 0) is 18.2 Å². The van der Waals surface area contributed by atoms with Crippen LogP contribution in [0.25, 0.3) is 21.9 Å². The zero-order valence-electron chi connectivity index (χ0n) is 10.4. The molecule has 0 aliphatic carbocycles. The monoisotopic (exact) mass is 274 g/mol. The SMILES string of the molecule is COc1ccc2oc3cc(O)c(O)c(O)c3c(=O)c2c1. The van der Waals surface area contributed by atoms with Gasteiger partial charge in [-0.2, -0.15) is 0 Å². The molecule has 0 atom stereocenters. The maximum Gasteiger partial charge on any atom is 0.204 e. The minimum Gasteiger partial charge on any atom is -0.504 e. The first-order chi connectivity index (χ1) is 9.52. The van der Waals surface area contributed by atoms with Crippen molar-refractivity contribution in [3.05, 3.63) is 34.5 Å². The van der Waals surface area contributed by atoms with E-state index in [1.54, 1.807) is 12.1 Å². The van der Waals surface area contributed by atoms with Gasteiger partial charge in [0.25, 0.3) is 0 Å². The van der Waals surface area contributed by atoms with Crippen molar-refractivity contribution in [2.75, 3.05) is 7.11 Å². The quantitative estimate of drug-likeness (QED) is 0.464. The maximum absolute atomic E-state index is 12.4. The third-order valence-electron chi connectivity index (χ3n) is 3.10. The van der Waals surface area contributed by atoms with Gasteiger partial charge < -0.3 is 24.5 Å². The highest BCUT2D eigenvalue weighted by Crippen LogP contribution is 2.40.